The van der Waals surface area contributed by atoms with E-state index in [-0.39, 0.29) is 35.8 Å². The number of piperidine rings is 1. The monoisotopic (exact) mass is 429 g/mol. The number of ether oxygens (including phenoxy) is 1. The van der Waals surface area contributed by atoms with Crippen LogP contribution in [0.15, 0.2) is 41.3 Å². The van der Waals surface area contributed by atoms with E-state index in [2.05, 4.69) is 0 Å². The van der Waals surface area contributed by atoms with Gasteiger partial charge in [0.05, 0.1) is 22.4 Å². The van der Waals surface area contributed by atoms with Crippen LogP contribution in [0.3, 0.4) is 0 Å². The van der Waals surface area contributed by atoms with Crippen molar-refractivity contribution in [2.75, 3.05) is 13.1 Å². The van der Waals surface area contributed by atoms with Crippen LogP contribution in [-0.4, -0.2) is 48.3 Å². The molecule has 8 heteroatoms. The SMILES string of the molecule is Cc1cc2c(cc1C)C(=O)CC1(CCN(S(=O)(=O)c3ccc(C(=O)O)cc3)CC1)O2. The summed E-state index contributed by atoms with van der Waals surface area (Å²) in [6, 6.07) is 8.93. The van der Waals surface area contributed by atoms with Crippen molar-refractivity contribution < 1.29 is 27.9 Å². The normalized spacial score (nSPS) is 18.7. The van der Waals surface area contributed by atoms with Crippen molar-refractivity contribution in [3.63, 3.8) is 0 Å². The summed E-state index contributed by atoms with van der Waals surface area (Å²) < 4.78 is 33.6. The number of aromatic carboxylic acids is 1. The summed E-state index contributed by atoms with van der Waals surface area (Å²) in [6.07, 6.45) is 1.07. The van der Waals surface area contributed by atoms with Crippen molar-refractivity contribution in [3.05, 3.63) is 58.7 Å². The molecule has 1 saturated heterocycles. The second kappa shape index (κ2) is 7.21. The molecule has 0 amide bonds. The number of sulfonamides is 1. The molecule has 2 aromatic rings. The number of carbonyl (C=O) groups is 2. The Balaban J connectivity index is 1.52. The zero-order valence-corrected chi connectivity index (χ0v) is 17.7. The van der Waals surface area contributed by atoms with Crippen molar-refractivity contribution in [2.45, 2.75) is 43.6 Å². The number of carboxylic acid groups (broad SMARTS) is 1. The van der Waals surface area contributed by atoms with E-state index in [0.29, 0.717) is 24.2 Å². The molecular formula is C22H23NO6S. The lowest BCUT2D eigenvalue weighted by atomic mass is 9.82. The highest BCUT2D eigenvalue weighted by atomic mass is 32.2. The Morgan fingerprint density at radius 3 is 2.27 bits per heavy atom. The quantitative estimate of drug-likeness (QED) is 0.804. The number of nitrogens with zero attached hydrogens (tertiary/aromatic N) is 1. The molecular weight excluding hydrogens is 406 g/mol. The first-order valence-corrected chi connectivity index (χ1v) is 11.2. The molecule has 0 bridgehead atoms. The molecule has 0 atom stereocenters. The van der Waals surface area contributed by atoms with Crippen molar-refractivity contribution in [3.8, 4) is 5.75 Å². The first-order chi connectivity index (χ1) is 14.1. The third-order valence-electron chi connectivity index (χ3n) is 6.08. The fraction of sp³-hybridized carbons (Fsp3) is 0.364. The predicted octanol–water partition coefficient (Wildman–Crippen LogP) is 3.19. The molecule has 0 aliphatic carbocycles. The highest BCUT2D eigenvalue weighted by molar-refractivity contribution is 7.89. The van der Waals surface area contributed by atoms with Gasteiger partial charge in [0, 0.05) is 25.9 Å². The average molecular weight is 429 g/mol. The maximum atomic E-state index is 13.0. The third-order valence-corrected chi connectivity index (χ3v) is 7.99. The minimum atomic E-state index is -3.75. The highest BCUT2D eigenvalue weighted by Gasteiger charge is 2.45. The Morgan fingerprint density at radius 2 is 1.67 bits per heavy atom. The number of ketones is 1. The van der Waals surface area contributed by atoms with E-state index in [1.54, 1.807) is 0 Å². The van der Waals surface area contributed by atoms with Gasteiger partial charge in [-0.2, -0.15) is 4.31 Å². The summed E-state index contributed by atoms with van der Waals surface area (Å²) in [5.41, 5.74) is 2.02. The molecule has 30 heavy (non-hydrogen) atoms. The molecule has 158 valence electrons. The number of hydrogen-bond donors (Lipinski definition) is 1. The lowest BCUT2D eigenvalue weighted by molar-refractivity contribution is 0.00583. The van der Waals surface area contributed by atoms with Gasteiger partial charge in [0.25, 0.3) is 0 Å². The van der Waals surface area contributed by atoms with Crippen molar-refractivity contribution in [1.29, 1.82) is 0 Å². The van der Waals surface area contributed by atoms with Crippen LogP contribution in [0.5, 0.6) is 5.75 Å². The number of Topliss-reactive ketones (excluding diaryl/α,β-unsaturated/α-hetero) is 1. The first-order valence-electron chi connectivity index (χ1n) is 9.78. The minimum absolute atomic E-state index is 0.0277. The van der Waals surface area contributed by atoms with Crippen molar-refractivity contribution >= 4 is 21.8 Å². The van der Waals surface area contributed by atoms with Gasteiger partial charge in [-0.05, 0) is 61.4 Å². The molecule has 7 nitrogen and oxygen atoms in total. The van der Waals surface area contributed by atoms with E-state index in [0.717, 1.165) is 11.1 Å². The zero-order valence-electron chi connectivity index (χ0n) is 16.8. The minimum Gasteiger partial charge on any atom is -0.486 e. The van der Waals surface area contributed by atoms with Crippen LogP contribution in [0.4, 0.5) is 0 Å². The van der Waals surface area contributed by atoms with E-state index in [9.17, 15) is 18.0 Å². The average Bonchev–Trinajstić information content (AvgIpc) is 2.70. The van der Waals surface area contributed by atoms with Gasteiger partial charge < -0.3 is 9.84 Å². The third kappa shape index (κ3) is 3.50. The van der Waals surface area contributed by atoms with Crippen LogP contribution in [0.2, 0.25) is 0 Å². The molecule has 0 unspecified atom stereocenters. The van der Waals surface area contributed by atoms with Gasteiger partial charge >= 0.3 is 5.97 Å². The topological polar surface area (TPSA) is 101 Å². The van der Waals surface area contributed by atoms with Crippen molar-refractivity contribution in [1.82, 2.24) is 4.31 Å². The Bertz CT molecular complexity index is 1130. The van der Waals surface area contributed by atoms with Crippen LogP contribution in [-0.2, 0) is 10.0 Å². The van der Waals surface area contributed by atoms with Crippen LogP contribution in [0, 0.1) is 13.8 Å². The second-order valence-electron chi connectivity index (χ2n) is 8.05. The summed E-state index contributed by atoms with van der Waals surface area (Å²) >= 11 is 0. The fourth-order valence-corrected chi connectivity index (χ4v) is 5.52. The van der Waals surface area contributed by atoms with Gasteiger partial charge in [0.15, 0.2) is 5.78 Å². The number of carbonyl (C=O) groups excluding carboxylic acids is 1. The van der Waals surface area contributed by atoms with Gasteiger partial charge in [0.1, 0.15) is 11.4 Å². The molecule has 2 aliphatic rings. The van der Waals surface area contributed by atoms with E-state index >= 15 is 0 Å². The lowest BCUT2D eigenvalue weighted by Crippen LogP contribution is -2.52. The Morgan fingerprint density at radius 1 is 1.07 bits per heavy atom. The first kappa shape index (κ1) is 20.6. The fourth-order valence-electron chi connectivity index (χ4n) is 4.08. The van der Waals surface area contributed by atoms with Gasteiger partial charge in [0.2, 0.25) is 10.0 Å². The van der Waals surface area contributed by atoms with Crippen LogP contribution in [0.1, 0.15) is 51.1 Å². The number of fused-ring (bicyclic) bond motifs is 1. The van der Waals surface area contributed by atoms with E-state index in [4.69, 9.17) is 9.84 Å². The maximum Gasteiger partial charge on any atom is 0.335 e. The molecule has 0 aromatic heterocycles. The Hall–Kier alpha value is -2.71. The summed E-state index contributed by atoms with van der Waals surface area (Å²) in [4.78, 5) is 23.8. The van der Waals surface area contributed by atoms with Crippen LogP contribution < -0.4 is 4.74 Å². The summed E-state index contributed by atoms with van der Waals surface area (Å²) in [5, 5.41) is 8.99. The van der Waals surface area contributed by atoms with Crippen LogP contribution in [0.25, 0.3) is 0 Å². The second-order valence-corrected chi connectivity index (χ2v) is 9.99. The van der Waals surface area contributed by atoms with Gasteiger partial charge in [-0.25, -0.2) is 13.2 Å². The Kier molecular flexibility index (Phi) is 4.94. The zero-order chi connectivity index (χ0) is 21.7. The number of rotatable bonds is 3. The van der Waals surface area contributed by atoms with E-state index < -0.39 is 21.6 Å². The smallest absolute Gasteiger partial charge is 0.335 e. The number of carboxylic acids is 1. The summed E-state index contributed by atoms with van der Waals surface area (Å²) in [5.74, 6) is -0.501. The van der Waals surface area contributed by atoms with E-state index in [1.165, 1.54) is 28.6 Å². The van der Waals surface area contributed by atoms with Gasteiger partial charge in [-0.3, -0.25) is 4.79 Å². The maximum absolute atomic E-state index is 13.0. The molecule has 1 spiro atoms. The summed E-state index contributed by atoms with van der Waals surface area (Å²) in [6.45, 7) is 4.39. The standard InChI is InChI=1S/C22H23NO6S/c1-14-11-18-19(24)13-22(29-20(18)12-15(14)2)7-9-23(10-8-22)30(27,28)17-5-3-16(4-6-17)21(25)26/h3-6,11-12H,7-10,13H2,1-2H3,(H,25,26). The van der Waals surface area contributed by atoms with Gasteiger partial charge in [-0.15, -0.1) is 0 Å². The molecule has 2 aromatic carbocycles. The highest BCUT2D eigenvalue weighted by Crippen LogP contribution is 2.41. The molecule has 1 N–H and O–H groups in total. The molecule has 1 fully saturated rings. The Labute approximate surface area is 175 Å². The number of benzene rings is 2. The molecule has 2 heterocycles. The molecule has 0 saturated carbocycles. The van der Waals surface area contributed by atoms with E-state index in [1.807, 2.05) is 26.0 Å². The van der Waals surface area contributed by atoms with Gasteiger partial charge in [-0.1, -0.05) is 0 Å². The van der Waals surface area contributed by atoms with Crippen molar-refractivity contribution in [2.24, 2.45) is 0 Å². The van der Waals surface area contributed by atoms with Crippen LogP contribution >= 0.6 is 0 Å². The molecule has 2 aliphatic heterocycles. The number of hydrogen-bond acceptors (Lipinski definition) is 5. The molecule has 4 rings (SSSR count). The molecule has 0 radical (unpaired) electrons. The lowest BCUT2D eigenvalue weighted by Gasteiger charge is -2.43. The summed E-state index contributed by atoms with van der Waals surface area (Å²) in [7, 11) is -3.75. The number of aryl methyl sites for hydroxylation is 2. The predicted molar refractivity (Wildman–Crippen MR) is 110 cm³/mol. The largest absolute Gasteiger partial charge is 0.486 e.